The quantitative estimate of drug-likeness (QED) is 0.881. The number of nitrogens with zero attached hydrogens (tertiary/aromatic N) is 1. The lowest BCUT2D eigenvalue weighted by Crippen LogP contribution is -1.99. The molecule has 3 heteroatoms. The summed E-state index contributed by atoms with van der Waals surface area (Å²) in [4.78, 5) is 4.34. The molecule has 0 spiro atoms. The summed E-state index contributed by atoms with van der Waals surface area (Å²) in [6.45, 7) is 0. The Morgan fingerprint density at radius 3 is 3.00 bits per heavy atom. The van der Waals surface area contributed by atoms with E-state index in [0.717, 1.165) is 28.6 Å². The smallest absolute Gasteiger partial charge is 0.0813 e. The Balaban J connectivity index is 2.25. The first kappa shape index (κ1) is 11.4. The SMILES string of the molecule is CSCCC(O)c1cnc2ccccc2c1. The fourth-order valence-corrected chi connectivity index (χ4v) is 2.13. The number of aromatic nitrogens is 1. The second-order valence-corrected chi connectivity index (χ2v) is 4.74. The second-order valence-electron chi connectivity index (χ2n) is 3.76. The van der Waals surface area contributed by atoms with E-state index >= 15 is 0 Å². The van der Waals surface area contributed by atoms with Crippen LogP contribution in [0, 0.1) is 0 Å². The third-order valence-electron chi connectivity index (χ3n) is 2.59. The Hall–Kier alpha value is -1.06. The number of fused-ring (bicyclic) bond motifs is 1. The van der Waals surface area contributed by atoms with Crippen LogP contribution in [-0.2, 0) is 0 Å². The minimum absolute atomic E-state index is 0.399. The van der Waals surface area contributed by atoms with Gasteiger partial charge in [0.25, 0.3) is 0 Å². The maximum absolute atomic E-state index is 9.96. The van der Waals surface area contributed by atoms with Gasteiger partial charge in [-0.25, -0.2) is 0 Å². The van der Waals surface area contributed by atoms with Gasteiger partial charge in [0.2, 0.25) is 0 Å². The standard InChI is InChI=1S/C13H15NOS/c1-16-7-6-13(15)11-8-10-4-2-3-5-12(10)14-9-11/h2-5,8-9,13,15H,6-7H2,1H3. The van der Waals surface area contributed by atoms with Crippen molar-refractivity contribution < 1.29 is 5.11 Å². The number of aliphatic hydroxyl groups excluding tert-OH is 1. The summed E-state index contributed by atoms with van der Waals surface area (Å²) in [6.07, 6.45) is 4.20. The van der Waals surface area contributed by atoms with Gasteiger partial charge in [-0.3, -0.25) is 4.98 Å². The minimum Gasteiger partial charge on any atom is -0.388 e. The monoisotopic (exact) mass is 233 g/mol. The fraction of sp³-hybridized carbons (Fsp3) is 0.308. The molecule has 1 aromatic heterocycles. The molecule has 2 aromatic rings. The molecule has 1 atom stereocenters. The summed E-state index contributed by atoms with van der Waals surface area (Å²) in [5.74, 6) is 0.966. The molecule has 1 aromatic carbocycles. The van der Waals surface area contributed by atoms with Crippen molar-refractivity contribution in [3.05, 3.63) is 42.1 Å². The predicted octanol–water partition coefficient (Wildman–Crippen LogP) is 3.02. The molecule has 84 valence electrons. The fourth-order valence-electron chi connectivity index (χ4n) is 1.67. The number of benzene rings is 1. The van der Waals surface area contributed by atoms with Crippen LogP contribution in [0.15, 0.2) is 36.5 Å². The molecule has 2 nitrogen and oxygen atoms in total. The lowest BCUT2D eigenvalue weighted by Gasteiger charge is -2.10. The number of hydrogen-bond acceptors (Lipinski definition) is 3. The zero-order valence-electron chi connectivity index (χ0n) is 9.26. The summed E-state index contributed by atoms with van der Waals surface area (Å²) < 4.78 is 0. The van der Waals surface area contributed by atoms with E-state index in [1.807, 2.05) is 36.6 Å². The van der Waals surface area contributed by atoms with E-state index in [-0.39, 0.29) is 0 Å². The third-order valence-corrected chi connectivity index (χ3v) is 3.24. The summed E-state index contributed by atoms with van der Waals surface area (Å²) in [6, 6.07) is 9.98. The van der Waals surface area contributed by atoms with E-state index in [9.17, 15) is 5.11 Å². The van der Waals surface area contributed by atoms with E-state index in [4.69, 9.17) is 0 Å². The second kappa shape index (κ2) is 5.32. The van der Waals surface area contributed by atoms with E-state index in [1.54, 1.807) is 18.0 Å². The molecular formula is C13H15NOS. The third kappa shape index (κ3) is 2.54. The molecule has 1 unspecified atom stereocenters. The molecule has 1 heterocycles. The topological polar surface area (TPSA) is 33.1 Å². The first-order valence-electron chi connectivity index (χ1n) is 5.33. The molecule has 0 radical (unpaired) electrons. The Kier molecular flexibility index (Phi) is 3.80. The number of para-hydroxylation sites is 1. The van der Waals surface area contributed by atoms with Crippen LogP contribution >= 0.6 is 11.8 Å². The molecule has 2 rings (SSSR count). The van der Waals surface area contributed by atoms with Crippen molar-refractivity contribution in [2.75, 3.05) is 12.0 Å². The highest BCUT2D eigenvalue weighted by Crippen LogP contribution is 2.21. The maximum atomic E-state index is 9.96. The highest BCUT2D eigenvalue weighted by molar-refractivity contribution is 7.98. The van der Waals surface area contributed by atoms with Gasteiger partial charge in [0.1, 0.15) is 0 Å². The predicted molar refractivity (Wildman–Crippen MR) is 69.7 cm³/mol. The zero-order valence-corrected chi connectivity index (χ0v) is 10.1. The van der Waals surface area contributed by atoms with E-state index in [1.165, 1.54) is 0 Å². The number of hydrogen-bond donors (Lipinski definition) is 1. The van der Waals surface area contributed by atoms with Crippen LogP contribution in [0.3, 0.4) is 0 Å². The van der Waals surface area contributed by atoms with Crippen LogP contribution in [0.2, 0.25) is 0 Å². The summed E-state index contributed by atoms with van der Waals surface area (Å²) >= 11 is 1.75. The summed E-state index contributed by atoms with van der Waals surface area (Å²) in [5.41, 5.74) is 1.89. The normalized spacial score (nSPS) is 12.9. The average Bonchev–Trinajstić information content (AvgIpc) is 2.35. The summed E-state index contributed by atoms with van der Waals surface area (Å²) in [7, 11) is 0. The zero-order chi connectivity index (χ0) is 11.4. The number of pyridine rings is 1. The average molecular weight is 233 g/mol. The van der Waals surface area contributed by atoms with Gasteiger partial charge >= 0.3 is 0 Å². The molecule has 0 aliphatic heterocycles. The largest absolute Gasteiger partial charge is 0.388 e. The van der Waals surface area contributed by atoms with Gasteiger partial charge in [-0.1, -0.05) is 18.2 Å². The van der Waals surface area contributed by atoms with Gasteiger partial charge in [0.15, 0.2) is 0 Å². The van der Waals surface area contributed by atoms with Gasteiger partial charge in [0.05, 0.1) is 11.6 Å². The first-order valence-corrected chi connectivity index (χ1v) is 6.72. The Morgan fingerprint density at radius 1 is 1.38 bits per heavy atom. The van der Waals surface area contributed by atoms with Gasteiger partial charge in [-0.05, 0) is 36.1 Å². The molecular weight excluding hydrogens is 218 g/mol. The number of thioether (sulfide) groups is 1. The number of rotatable bonds is 4. The Labute approximate surface area is 99.7 Å². The first-order chi connectivity index (χ1) is 7.81. The van der Waals surface area contributed by atoms with Crippen LogP contribution < -0.4 is 0 Å². The van der Waals surface area contributed by atoms with Crippen LogP contribution in [0.25, 0.3) is 10.9 Å². The van der Waals surface area contributed by atoms with E-state index in [0.29, 0.717) is 0 Å². The molecule has 0 fully saturated rings. The van der Waals surface area contributed by atoms with E-state index < -0.39 is 6.10 Å². The van der Waals surface area contributed by atoms with Gasteiger partial charge in [0, 0.05) is 11.6 Å². The van der Waals surface area contributed by atoms with Crippen molar-refractivity contribution in [2.24, 2.45) is 0 Å². The molecule has 0 saturated heterocycles. The molecule has 0 amide bonds. The number of aliphatic hydroxyl groups is 1. The summed E-state index contributed by atoms with van der Waals surface area (Å²) in [5, 5.41) is 11.0. The van der Waals surface area contributed by atoms with Crippen molar-refractivity contribution in [1.82, 2.24) is 4.98 Å². The molecule has 16 heavy (non-hydrogen) atoms. The lowest BCUT2D eigenvalue weighted by molar-refractivity contribution is 0.175. The van der Waals surface area contributed by atoms with Crippen molar-refractivity contribution in [3.8, 4) is 0 Å². The van der Waals surface area contributed by atoms with Gasteiger partial charge in [-0.15, -0.1) is 0 Å². The minimum atomic E-state index is -0.399. The van der Waals surface area contributed by atoms with Crippen LogP contribution in [0.5, 0.6) is 0 Å². The highest BCUT2D eigenvalue weighted by Gasteiger charge is 2.07. The van der Waals surface area contributed by atoms with Gasteiger partial charge in [-0.2, -0.15) is 11.8 Å². The Morgan fingerprint density at radius 2 is 2.19 bits per heavy atom. The van der Waals surface area contributed by atoms with Crippen molar-refractivity contribution in [1.29, 1.82) is 0 Å². The molecule has 0 saturated carbocycles. The molecule has 1 N–H and O–H groups in total. The molecule has 0 bridgehead atoms. The molecule has 0 aliphatic rings. The van der Waals surface area contributed by atoms with Crippen LogP contribution in [0.4, 0.5) is 0 Å². The maximum Gasteiger partial charge on any atom is 0.0813 e. The van der Waals surface area contributed by atoms with Gasteiger partial charge < -0.3 is 5.11 Å². The van der Waals surface area contributed by atoms with Crippen molar-refractivity contribution in [3.63, 3.8) is 0 Å². The Bertz CT molecular complexity index is 472. The van der Waals surface area contributed by atoms with Crippen LogP contribution in [-0.4, -0.2) is 22.1 Å². The van der Waals surface area contributed by atoms with Crippen molar-refractivity contribution >= 4 is 22.7 Å². The van der Waals surface area contributed by atoms with E-state index in [2.05, 4.69) is 4.98 Å². The molecule has 0 aliphatic carbocycles. The highest BCUT2D eigenvalue weighted by atomic mass is 32.2. The van der Waals surface area contributed by atoms with Crippen molar-refractivity contribution in [2.45, 2.75) is 12.5 Å². The lowest BCUT2D eigenvalue weighted by atomic mass is 10.1. The van der Waals surface area contributed by atoms with Crippen LogP contribution in [0.1, 0.15) is 18.1 Å².